The molecule has 0 radical (unpaired) electrons. The molecule has 1 saturated heterocycles. The molecule has 1 fully saturated rings. The normalized spacial score (nSPS) is 16.3. The summed E-state index contributed by atoms with van der Waals surface area (Å²) in [7, 11) is 1.72. The highest BCUT2D eigenvalue weighted by Gasteiger charge is 2.28. The molecule has 1 atom stereocenters. The van der Waals surface area contributed by atoms with Crippen LogP contribution < -0.4 is 15.4 Å². The monoisotopic (exact) mass is 364 g/mol. The number of carbonyl (C=O) groups is 2. The molecule has 0 saturated carbocycles. The minimum Gasteiger partial charge on any atom is -0.489 e. The standard InChI is InChI=1S/C20H20N4O3/c1-24-18(20(26)22-17-9-10-21-19(17)25)15-11-14(7-8-16(15)23-24)27-12-13-5-3-2-4-6-13/h2-8,11,17H,9-10,12H2,1H3,(H,21,25)(H,22,26). The maximum Gasteiger partial charge on any atom is 0.270 e. The van der Waals surface area contributed by atoms with Gasteiger partial charge in [-0.25, -0.2) is 0 Å². The first-order chi connectivity index (χ1) is 13.1. The highest BCUT2D eigenvalue weighted by molar-refractivity contribution is 6.06. The Balaban J connectivity index is 1.57. The molecule has 138 valence electrons. The summed E-state index contributed by atoms with van der Waals surface area (Å²) in [4.78, 5) is 24.5. The van der Waals surface area contributed by atoms with E-state index in [0.29, 0.717) is 41.9 Å². The number of carbonyl (C=O) groups excluding carboxylic acids is 2. The SMILES string of the molecule is Cn1nc2ccc(OCc3ccccc3)cc2c1C(=O)NC1CCNC1=O. The second-order valence-electron chi connectivity index (χ2n) is 6.53. The van der Waals surface area contributed by atoms with Gasteiger partial charge in [-0.2, -0.15) is 5.10 Å². The predicted molar refractivity (Wildman–Crippen MR) is 100 cm³/mol. The molecule has 2 aromatic carbocycles. The molecule has 1 aromatic heterocycles. The van der Waals surface area contributed by atoms with Crippen LogP contribution in [0.25, 0.3) is 10.9 Å². The van der Waals surface area contributed by atoms with Crippen molar-refractivity contribution in [1.82, 2.24) is 20.4 Å². The molecular weight excluding hydrogens is 344 g/mol. The topological polar surface area (TPSA) is 85.2 Å². The summed E-state index contributed by atoms with van der Waals surface area (Å²) in [5, 5.41) is 10.6. The quantitative estimate of drug-likeness (QED) is 0.723. The van der Waals surface area contributed by atoms with Gasteiger partial charge >= 0.3 is 0 Å². The first kappa shape index (κ1) is 17.1. The highest BCUT2D eigenvalue weighted by atomic mass is 16.5. The molecule has 1 unspecified atom stereocenters. The number of nitrogens with one attached hydrogen (secondary N) is 2. The fourth-order valence-electron chi connectivity index (χ4n) is 3.24. The molecule has 7 heteroatoms. The second kappa shape index (κ2) is 7.11. The zero-order valence-electron chi connectivity index (χ0n) is 14.9. The minimum absolute atomic E-state index is 0.151. The Morgan fingerprint density at radius 3 is 2.85 bits per heavy atom. The van der Waals surface area contributed by atoms with Gasteiger partial charge in [0.25, 0.3) is 5.91 Å². The van der Waals surface area contributed by atoms with Crippen molar-refractivity contribution in [2.24, 2.45) is 7.05 Å². The smallest absolute Gasteiger partial charge is 0.270 e. The summed E-state index contributed by atoms with van der Waals surface area (Å²) in [6.45, 7) is 1.02. The second-order valence-corrected chi connectivity index (χ2v) is 6.53. The van der Waals surface area contributed by atoms with Crippen LogP contribution in [0, 0.1) is 0 Å². The van der Waals surface area contributed by atoms with Gasteiger partial charge in [-0.3, -0.25) is 14.3 Å². The molecular formula is C20H20N4O3. The summed E-state index contributed by atoms with van der Waals surface area (Å²) in [6.07, 6.45) is 0.589. The number of aromatic nitrogens is 2. The lowest BCUT2D eigenvalue weighted by Gasteiger charge is -2.10. The molecule has 2 amide bonds. The van der Waals surface area contributed by atoms with Gasteiger partial charge in [-0.1, -0.05) is 30.3 Å². The van der Waals surface area contributed by atoms with Crippen molar-refractivity contribution >= 4 is 22.7 Å². The van der Waals surface area contributed by atoms with Crippen LogP contribution >= 0.6 is 0 Å². The number of amides is 2. The van der Waals surface area contributed by atoms with E-state index in [0.717, 1.165) is 5.56 Å². The lowest BCUT2D eigenvalue weighted by atomic mass is 10.1. The van der Waals surface area contributed by atoms with Crippen molar-refractivity contribution in [3.05, 3.63) is 59.8 Å². The third kappa shape index (κ3) is 3.48. The van der Waals surface area contributed by atoms with Crippen molar-refractivity contribution in [1.29, 1.82) is 0 Å². The van der Waals surface area contributed by atoms with Crippen LogP contribution in [0.2, 0.25) is 0 Å². The number of aryl methyl sites for hydroxylation is 1. The van der Waals surface area contributed by atoms with Crippen LogP contribution in [-0.4, -0.2) is 34.2 Å². The molecule has 7 nitrogen and oxygen atoms in total. The van der Waals surface area contributed by atoms with Gasteiger partial charge in [0.15, 0.2) is 0 Å². The number of hydrogen-bond acceptors (Lipinski definition) is 4. The molecule has 0 spiro atoms. The van der Waals surface area contributed by atoms with E-state index in [4.69, 9.17) is 4.74 Å². The summed E-state index contributed by atoms with van der Waals surface area (Å²) in [5.74, 6) is 0.191. The number of hydrogen-bond donors (Lipinski definition) is 2. The van der Waals surface area contributed by atoms with Crippen molar-refractivity contribution in [2.75, 3.05) is 6.54 Å². The van der Waals surface area contributed by atoms with Gasteiger partial charge in [0, 0.05) is 19.0 Å². The lowest BCUT2D eigenvalue weighted by Crippen LogP contribution is -2.40. The number of rotatable bonds is 5. The maximum absolute atomic E-state index is 12.7. The van der Waals surface area contributed by atoms with Crippen LogP contribution in [0.4, 0.5) is 0 Å². The average molecular weight is 364 g/mol. The minimum atomic E-state index is -0.500. The highest BCUT2D eigenvalue weighted by Crippen LogP contribution is 2.24. The zero-order chi connectivity index (χ0) is 18.8. The van der Waals surface area contributed by atoms with Gasteiger partial charge in [-0.05, 0) is 30.2 Å². The zero-order valence-corrected chi connectivity index (χ0v) is 14.9. The van der Waals surface area contributed by atoms with E-state index in [1.165, 1.54) is 4.68 Å². The largest absolute Gasteiger partial charge is 0.489 e. The fourth-order valence-corrected chi connectivity index (χ4v) is 3.24. The van der Waals surface area contributed by atoms with Gasteiger partial charge < -0.3 is 15.4 Å². The Morgan fingerprint density at radius 1 is 1.30 bits per heavy atom. The van der Waals surface area contributed by atoms with Gasteiger partial charge in [0.1, 0.15) is 24.1 Å². The molecule has 4 rings (SSSR count). The number of ether oxygens (including phenoxy) is 1. The Bertz CT molecular complexity index is 997. The number of benzene rings is 2. The molecule has 0 bridgehead atoms. The summed E-state index contributed by atoms with van der Waals surface area (Å²) in [5.41, 5.74) is 2.18. The summed E-state index contributed by atoms with van der Waals surface area (Å²) in [6, 6.07) is 14.9. The van der Waals surface area contributed by atoms with E-state index in [1.54, 1.807) is 7.05 Å². The first-order valence-electron chi connectivity index (χ1n) is 8.84. The lowest BCUT2D eigenvalue weighted by molar-refractivity contribution is -0.120. The van der Waals surface area contributed by atoms with Crippen LogP contribution in [0.5, 0.6) is 5.75 Å². The molecule has 27 heavy (non-hydrogen) atoms. The van der Waals surface area contributed by atoms with Crippen molar-refractivity contribution in [3.63, 3.8) is 0 Å². The average Bonchev–Trinajstić information content (AvgIpc) is 3.22. The molecule has 2 heterocycles. The molecule has 0 aliphatic carbocycles. The number of fused-ring (bicyclic) bond motifs is 1. The van der Waals surface area contributed by atoms with Crippen molar-refractivity contribution < 1.29 is 14.3 Å². The van der Waals surface area contributed by atoms with E-state index in [2.05, 4.69) is 15.7 Å². The van der Waals surface area contributed by atoms with E-state index in [1.807, 2.05) is 48.5 Å². The number of nitrogens with zero attached hydrogens (tertiary/aromatic N) is 2. The summed E-state index contributed by atoms with van der Waals surface area (Å²) >= 11 is 0. The Labute approximate surface area is 156 Å². The van der Waals surface area contributed by atoms with E-state index >= 15 is 0 Å². The van der Waals surface area contributed by atoms with Crippen molar-refractivity contribution in [2.45, 2.75) is 19.1 Å². The Kier molecular flexibility index (Phi) is 4.50. The van der Waals surface area contributed by atoms with Crippen LogP contribution in [-0.2, 0) is 18.4 Å². The Hall–Kier alpha value is -3.35. The van der Waals surface area contributed by atoms with E-state index in [-0.39, 0.29) is 11.8 Å². The van der Waals surface area contributed by atoms with E-state index in [9.17, 15) is 9.59 Å². The third-order valence-corrected chi connectivity index (χ3v) is 4.62. The van der Waals surface area contributed by atoms with Gasteiger partial charge in [0.2, 0.25) is 5.91 Å². The molecule has 1 aliphatic rings. The van der Waals surface area contributed by atoms with Gasteiger partial charge in [0.05, 0.1) is 5.52 Å². The summed E-state index contributed by atoms with van der Waals surface area (Å²) < 4.78 is 7.40. The third-order valence-electron chi connectivity index (χ3n) is 4.62. The van der Waals surface area contributed by atoms with Crippen LogP contribution in [0.1, 0.15) is 22.5 Å². The fraction of sp³-hybridized carbons (Fsp3) is 0.250. The van der Waals surface area contributed by atoms with Gasteiger partial charge in [-0.15, -0.1) is 0 Å². The molecule has 1 aliphatic heterocycles. The first-order valence-corrected chi connectivity index (χ1v) is 8.84. The molecule has 3 aromatic rings. The van der Waals surface area contributed by atoms with Crippen LogP contribution in [0.15, 0.2) is 48.5 Å². The van der Waals surface area contributed by atoms with Crippen molar-refractivity contribution in [3.8, 4) is 5.75 Å². The predicted octanol–water partition coefficient (Wildman–Crippen LogP) is 1.77. The van der Waals surface area contributed by atoms with Crippen LogP contribution in [0.3, 0.4) is 0 Å². The Morgan fingerprint density at radius 2 is 2.11 bits per heavy atom. The van der Waals surface area contributed by atoms with E-state index < -0.39 is 6.04 Å². The maximum atomic E-state index is 12.7. The molecule has 2 N–H and O–H groups in total.